The first-order valence-corrected chi connectivity index (χ1v) is 25.0. The van der Waals surface area contributed by atoms with Crippen molar-refractivity contribution in [3.63, 3.8) is 0 Å². The van der Waals surface area contributed by atoms with Gasteiger partial charge in [-0.3, -0.25) is 9.59 Å². The monoisotopic (exact) mass is 848 g/mol. The summed E-state index contributed by atoms with van der Waals surface area (Å²) in [6.07, 6.45) is 63.3. The van der Waals surface area contributed by atoms with Crippen LogP contribution in [0, 0.1) is 0 Å². The highest BCUT2D eigenvalue weighted by Gasteiger charge is 2.24. The standard InChI is InChI=1S/C55H93NO5/c1-4-7-10-13-16-19-22-24-25-26-27-28-29-30-33-36-39-42-45-48-55(60)61-51(46-43-40-37-34-32-23-20-17-14-11-8-5-2)49-54(59)56-52(50-57)53(58)47-44-41-38-35-31-21-18-15-12-9-6-3/h7-8,10-11,16-17,19-20,24-25,27-28,30,33,39,42,51-53,57-58H,4-6,9,12-15,18,21-23,26,29,31-32,34-38,40-41,43-50H2,1-3H3,(H,56,59)/b10-7-,11-8+,19-16-,20-17+,25-24-,28-27-,33-30-,42-39-. The lowest BCUT2D eigenvalue weighted by Gasteiger charge is -2.24. The molecular weight excluding hydrogens is 755 g/mol. The normalized spacial score (nSPS) is 14.1. The van der Waals surface area contributed by atoms with Gasteiger partial charge in [-0.1, -0.05) is 208 Å². The zero-order valence-electron chi connectivity index (χ0n) is 39.5. The molecule has 3 atom stereocenters. The number of aliphatic hydroxyl groups excluding tert-OH is 2. The van der Waals surface area contributed by atoms with E-state index in [2.05, 4.69) is 117 Å². The summed E-state index contributed by atoms with van der Waals surface area (Å²) >= 11 is 0. The Kier molecular flexibility index (Phi) is 45.3. The Morgan fingerprint density at radius 2 is 0.885 bits per heavy atom. The zero-order valence-corrected chi connectivity index (χ0v) is 39.5. The van der Waals surface area contributed by atoms with Crippen LogP contribution < -0.4 is 5.32 Å². The number of amides is 1. The van der Waals surface area contributed by atoms with Crippen LogP contribution in [0.1, 0.15) is 213 Å². The molecule has 0 spiro atoms. The number of hydrogen-bond donors (Lipinski definition) is 3. The summed E-state index contributed by atoms with van der Waals surface area (Å²) in [6.45, 7) is 6.22. The van der Waals surface area contributed by atoms with Gasteiger partial charge in [-0.2, -0.15) is 0 Å². The molecule has 0 aliphatic heterocycles. The van der Waals surface area contributed by atoms with Gasteiger partial charge < -0.3 is 20.3 Å². The molecule has 0 aliphatic rings. The summed E-state index contributed by atoms with van der Waals surface area (Å²) in [5.41, 5.74) is 0. The number of allylic oxidation sites excluding steroid dienone is 16. The summed E-state index contributed by atoms with van der Waals surface area (Å²) in [7, 11) is 0. The number of hydrogen-bond acceptors (Lipinski definition) is 5. The third kappa shape index (κ3) is 43.2. The number of carbonyl (C=O) groups is 2. The van der Waals surface area contributed by atoms with Gasteiger partial charge in [0, 0.05) is 6.42 Å². The van der Waals surface area contributed by atoms with Gasteiger partial charge >= 0.3 is 5.97 Å². The van der Waals surface area contributed by atoms with Gasteiger partial charge in [0.05, 0.1) is 25.2 Å². The minimum Gasteiger partial charge on any atom is -0.462 e. The van der Waals surface area contributed by atoms with Gasteiger partial charge in [-0.05, 0) is 89.9 Å². The molecule has 0 aliphatic carbocycles. The molecule has 0 saturated carbocycles. The minimum atomic E-state index is -0.808. The molecule has 0 aromatic rings. The summed E-state index contributed by atoms with van der Waals surface area (Å²) in [5, 5.41) is 23.7. The van der Waals surface area contributed by atoms with Crippen LogP contribution in [0.3, 0.4) is 0 Å². The van der Waals surface area contributed by atoms with Crippen LogP contribution in [-0.2, 0) is 14.3 Å². The highest BCUT2D eigenvalue weighted by Crippen LogP contribution is 2.17. The molecule has 0 aromatic heterocycles. The van der Waals surface area contributed by atoms with Crippen LogP contribution >= 0.6 is 0 Å². The van der Waals surface area contributed by atoms with Crippen molar-refractivity contribution in [1.29, 1.82) is 0 Å². The first-order chi connectivity index (χ1) is 30.0. The quantitative estimate of drug-likeness (QED) is 0.0323. The van der Waals surface area contributed by atoms with Crippen molar-refractivity contribution in [3.05, 3.63) is 97.2 Å². The van der Waals surface area contributed by atoms with Crippen molar-refractivity contribution in [2.75, 3.05) is 6.61 Å². The molecule has 0 radical (unpaired) electrons. The topological polar surface area (TPSA) is 95.9 Å². The number of unbranched alkanes of at least 4 members (excludes halogenated alkanes) is 15. The average Bonchev–Trinajstić information content (AvgIpc) is 3.25. The van der Waals surface area contributed by atoms with E-state index in [1.165, 1.54) is 51.4 Å². The van der Waals surface area contributed by atoms with Crippen molar-refractivity contribution < 1.29 is 24.5 Å². The van der Waals surface area contributed by atoms with E-state index in [9.17, 15) is 19.8 Å². The molecule has 0 bridgehead atoms. The fourth-order valence-corrected chi connectivity index (χ4v) is 6.96. The van der Waals surface area contributed by atoms with Crippen molar-refractivity contribution in [3.8, 4) is 0 Å². The Morgan fingerprint density at radius 3 is 1.34 bits per heavy atom. The predicted octanol–water partition coefficient (Wildman–Crippen LogP) is 14.9. The van der Waals surface area contributed by atoms with Crippen LogP contribution in [0.2, 0.25) is 0 Å². The van der Waals surface area contributed by atoms with Crippen LogP contribution in [0.5, 0.6) is 0 Å². The van der Waals surface area contributed by atoms with E-state index in [-0.39, 0.29) is 31.3 Å². The largest absolute Gasteiger partial charge is 0.462 e. The average molecular weight is 848 g/mol. The Labute approximate surface area is 376 Å². The third-order valence-corrected chi connectivity index (χ3v) is 10.7. The van der Waals surface area contributed by atoms with Gasteiger partial charge in [0.25, 0.3) is 0 Å². The molecule has 3 unspecified atom stereocenters. The number of ether oxygens (including phenoxy) is 1. The smallest absolute Gasteiger partial charge is 0.306 e. The Morgan fingerprint density at radius 1 is 0.492 bits per heavy atom. The van der Waals surface area contributed by atoms with E-state index in [1.54, 1.807) is 0 Å². The van der Waals surface area contributed by atoms with Crippen LogP contribution in [0.25, 0.3) is 0 Å². The lowest BCUT2D eigenvalue weighted by Crippen LogP contribution is -2.46. The fourth-order valence-electron chi connectivity index (χ4n) is 6.96. The molecule has 1 amide bonds. The van der Waals surface area contributed by atoms with Crippen LogP contribution in [0.15, 0.2) is 97.2 Å². The number of aliphatic hydroxyl groups is 2. The number of carbonyl (C=O) groups excluding carboxylic acids is 2. The molecule has 6 nitrogen and oxygen atoms in total. The molecule has 6 heteroatoms. The first-order valence-electron chi connectivity index (χ1n) is 25.0. The maximum atomic E-state index is 13.2. The molecule has 61 heavy (non-hydrogen) atoms. The van der Waals surface area contributed by atoms with E-state index in [1.807, 2.05) is 6.08 Å². The second kappa shape index (κ2) is 47.8. The summed E-state index contributed by atoms with van der Waals surface area (Å²) in [5.74, 6) is -0.597. The fraction of sp³-hybridized carbons (Fsp3) is 0.673. The Hall–Kier alpha value is -3.22. The van der Waals surface area contributed by atoms with E-state index in [0.717, 1.165) is 109 Å². The van der Waals surface area contributed by atoms with Crippen molar-refractivity contribution in [2.45, 2.75) is 232 Å². The molecular formula is C55H93NO5. The molecule has 3 N–H and O–H groups in total. The van der Waals surface area contributed by atoms with Crippen molar-refractivity contribution >= 4 is 11.9 Å². The van der Waals surface area contributed by atoms with Gasteiger partial charge in [-0.25, -0.2) is 0 Å². The second-order valence-corrected chi connectivity index (χ2v) is 16.4. The SMILES string of the molecule is CC/C=C\C/C=C\C/C=C\C/C=C\C/C=C\C/C=C\CCC(=O)OC(CCCCCCC/C=C/C/C=C/CC)CC(=O)NC(CO)C(O)CCCCCCCCCCCCC. The molecule has 0 rings (SSSR count). The van der Waals surface area contributed by atoms with E-state index < -0.39 is 18.2 Å². The van der Waals surface area contributed by atoms with E-state index in [4.69, 9.17) is 4.74 Å². The van der Waals surface area contributed by atoms with E-state index in [0.29, 0.717) is 19.3 Å². The molecule has 0 aromatic carbocycles. The lowest BCUT2D eigenvalue weighted by molar-refractivity contribution is -0.150. The molecule has 0 fully saturated rings. The first kappa shape index (κ1) is 57.8. The lowest BCUT2D eigenvalue weighted by atomic mass is 10.0. The molecule has 0 saturated heterocycles. The van der Waals surface area contributed by atoms with Crippen molar-refractivity contribution in [2.24, 2.45) is 0 Å². The summed E-state index contributed by atoms with van der Waals surface area (Å²) in [4.78, 5) is 26.1. The number of nitrogens with one attached hydrogen (secondary N) is 1. The number of rotatable bonds is 43. The summed E-state index contributed by atoms with van der Waals surface area (Å²) in [6, 6.07) is -0.725. The van der Waals surface area contributed by atoms with E-state index >= 15 is 0 Å². The highest BCUT2D eigenvalue weighted by atomic mass is 16.5. The van der Waals surface area contributed by atoms with Gasteiger partial charge in [0.15, 0.2) is 0 Å². The van der Waals surface area contributed by atoms with Crippen LogP contribution in [0.4, 0.5) is 0 Å². The van der Waals surface area contributed by atoms with Crippen LogP contribution in [-0.4, -0.2) is 46.9 Å². The summed E-state index contributed by atoms with van der Waals surface area (Å²) < 4.78 is 5.87. The van der Waals surface area contributed by atoms with Gasteiger partial charge in [-0.15, -0.1) is 0 Å². The second-order valence-electron chi connectivity index (χ2n) is 16.4. The zero-order chi connectivity index (χ0) is 44.5. The maximum absolute atomic E-state index is 13.2. The minimum absolute atomic E-state index is 0.0323. The predicted molar refractivity (Wildman–Crippen MR) is 264 cm³/mol. The number of esters is 1. The van der Waals surface area contributed by atoms with Gasteiger partial charge in [0.2, 0.25) is 5.91 Å². The third-order valence-electron chi connectivity index (χ3n) is 10.7. The van der Waals surface area contributed by atoms with Crippen molar-refractivity contribution in [1.82, 2.24) is 5.32 Å². The van der Waals surface area contributed by atoms with Gasteiger partial charge in [0.1, 0.15) is 6.10 Å². The Balaban J connectivity index is 4.71. The Bertz CT molecular complexity index is 1220. The molecule has 0 heterocycles. The molecule has 348 valence electrons. The highest BCUT2D eigenvalue weighted by molar-refractivity contribution is 5.77. The maximum Gasteiger partial charge on any atom is 0.306 e.